The Morgan fingerprint density at radius 2 is 1.62 bits per heavy atom. The fourth-order valence-electron chi connectivity index (χ4n) is 2.16. The van der Waals surface area contributed by atoms with Gasteiger partial charge in [-0.15, -0.1) is 0 Å². The largest absolute Gasteiger partial charge is 0.301 e. The molecule has 0 aromatic heterocycles. The summed E-state index contributed by atoms with van der Waals surface area (Å²) in [4.78, 5) is 11.8. The third-order valence-electron chi connectivity index (χ3n) is 3.59. The standard InChI is InChI=1S/C18H22N2O3S/c1-18(2,3)14-6-10-16(11-7-14)24(23)20-15-8-4-13(5-9-15)12-17(21)19-22/h4-11,20,22H,12H2,1-3H3,(H,19,21). The molecule has 0 saturated heterocycles. The summed E-state index contributed by atoms with van der Waals surface area (Å²) in [6.07, 6.45) is 0.0914. The van der Waals surface area contributed by atoms with Gasteiger partial charge < -0.3 is 4.72 Å². The van der Waals surface area contributed by atoms with Gasteiger partial charge in [0, 0.05) is 5.69 Å². The minimum atomic E-state index is -1.36. The van der Waals surface area contributed by atoms with Crippen LogP contribution in [0.5, 0.6) is 0 Å². The topological polar surface area (TPSA) is 78.4 Å². The molecule has 1 amide bonds. The molecule has 0 heterocycles. The van der Waals surface area contributed by atoms with Crippen LogP contribution in [0.2, 0.25) is 0 Å². The Bertz CT molecular complexity index is 719. The predicted molar refractivity (Wildman–Crippen MR) is 95.2 cm³/mol. The minimum Gasteiger partial charge on any atom is -0.301 e. The van der Waals surface area contributed by atoms with Crippen molar-refractivity contribution in [3.05, 3.63) is 59.7 Å². The van der Waals surface area contributed by atoms with Crippen LogP contribution in [0.4, 0.5) is 5.69 Å². The molecule has 128 valence electrons. The average Bonchev–Trinajstić information content (AvgIpc) is 2.55. The van der Waals surface area contributed by atoms with Crippen LogP contribution in [0, 0.1) is 0 Å². The maximum atomic E-state index is 12.4. The monoisotopic (exact) mass is 346 g/mol. The molecule has 0 aliphatic heterocycles. The number of rotatable bonds is 5. The summed E-state index contributed by atoms with van der Waals surface area (Å²) in [5, 5.41) is 8.51. The second-order valence-corrected chi connectivity index (χ2v) is 7.77. The lowest BCUT2D eigenvalue weighted by atomic mass is 9.87. The minimum absolute atomic E-state index is 0.0597. The van der Waals surface area contributed by atoms with E-state index < -0.39 is 16.9 Å². The number of nitrogens with one attached hydrogen (secondary N) is 2. The Kier molecular flexibility index (Phi) is 5.75. The van der Waals surface area contributed by atoms with Crippen molar-refractivity contribution in [2.75, 3.05) is 4.72 Å². The van der Waals surface area contributed by atoms with Gasteiger partial charge in [-0.1, -0.05) is 45.0 Å². The van der Waals surface area contributed by atoms with E-state index in [1.54, 1.807) is 29.7 Å². The second kappa shape index (κ2) is 7.59. The number of benzene rings is 2. The van der Waals surface area contributed by atoms with Crippen molar-refractivity contribution >= 4 is 22.6 Å². The molecule has 1 atom stereocenters. The molecule has 0 aliphatic carbocycles. The van der Waals surface area contributed by atoms with E-state index in [0.29, 0.717) is 10.6 Å². The molecule has 0 saturated carbocycles. The zero-order valence-corrected chi connectivity index (χ0v) is 14.8. The Morgan fingerprint density at radius 1 is 1.04 bits per heavy atom. The Labute approximate surface area is 144 Å². The van der Waals surface area contributed by atoms with Crippen molar-refractivity contribution < 1.29 is 14.2 Å². The number of hydrogen-bond donors (Lipinski definition) is 3. The molecule has 0 bridgehead atoms. The number of carbonyl (C=O) groups is 1. The van der Waals surface area contributed by atoms with Crippen LogP contribution in [0.1, 0.15) is 31.9 Å². The van der Waals surface area contributed by atoms with Crippen molar-refractivity contribution in [3.63, 3.8) is 0 Å². The van der Waals surface area contributed by atoms with Gasteiger partial charge in [-0.2, -0.15) is 0 Å². The summed E-state index contributed by atoms with van der Waals surface area (Å²) < 4.78 is 15.3. The highest BCUT2D eigenvalue weighted by molar-refractivity contribution is 7.86. The highest BCUT2D eigenvalue weighted by Gasteiger charge is 2.14. The Hall–Kier alpha value is -2.18. The van der Waals surface area contributed by atoms with Crippen molar-refractivity contribution in [2.24, 2.45) is 0 Å². The molecule has 0 spiro atoms. The molecule has 1 unspecified atom stereocenters. The van der Waals surface area contributed by atoms with Crippen molar-refractivity contribution in [1.29, 1.82) is 0 Å². The van der Waals surface area contributed by atoms with Gasteiger partial charge in [0.2, 0.25) is 5.91 Å². The Morgan fingerprint density at radius 3 is 2.12 bits per heavy atom. The van der Waals surface area contributed by atoms with E-state index in [1.165, 1.54) is 5.56 Å². The molecule has 2 aromatic carbocycles. The zero-order chi connectivity index (χ0) is 17.7. The molecule has 3 N–H and O–H groups in total. The van der Waals surface area contributed by atoms with E-state index in [-0.39, 0.29) is 11.8 Å². The maximum absolute atomic E-state index is 12.4. The van der Waals surface area contributed by atoms with Crippen LogP contribution in [-0.2, 0) is 27.6 Å². The van der Waals surface area contributed by atoms with Crippen LogP contribution >= 0.6 is 0 Å². The normalized spacial score (nSPS) is 12.5. The Balaban J connectivity index is 2.03. The number of amides is 1. The lowest BCUT2D eigenvalue weighted by Gasteiger charge is -2.19. The number of carbonyl (C=O) groups excluding carboxylic acids is 1. The van der Waals surface area contributed by atoms with E-state index in [2.05, 4.69) is 25.5 Å². The van der Waals surface area contributed by atoms with Gasteiger partial charge in [-0.05, 0) is 40.8 Å². The smallest absolute Gasteiger partial charge is 0.247 e. The van der Waals surface area contributed by atoms with Crippen molar-refractivity contribution in [3.8, 4) is 0 Å². The zero-order valence-electron chi connectivity index (χ0n) is 14.0. The van der Waals surface area contributed by atoms with Crippen LogP contribution in [0.3, 0.4) is 0 Å². The molecular formula is C18H22N2O3S. The third-order valence-corrected chi connectivity index (χ3v) is 4.71. The van der Waals surface area contributed by atoms with Gasteiger partial charge in [0.05, 0.1) is 11.3 Å². The molecule has 5 nitrogen and oxygen atoms in total. The number of hydrogen-bond acceptors (Lipinski definition) is 3. The third kappa shape index (κ3) is 4.91. The van der Waals surface area contributed by atoms with E-state index in [9.17, 15) is 9.00 Å². The fraction of sp³-hybridized carbons (Fsp3) is 0.278. The first kappa shape index (κ1) is 18.2. The average molecular weight is 346 g/mol. The highest BCUT2D eigenvalue weighted by Crippen LogP contribution is 2.23. The first-order valence-corrected chi connectivity index (χ1v) is 8.75. The van der Waals surface area contributed by atoms with Gasteiger partial charge in [-0.25, -0.2) is 9.69 Å². The number of anilines is 1. The molecule has 2 rings (SSSR count). The van der Waals surface area contributed by atoms with Crippen LogP contribution < -0.4 is 10.2 Å². The van der Waals surface area contributed by atoms with Gasteiger partial charge >= 0.3 is 0 Å². The SMILES string of the molecule is CC(C)(C)c1ccc(S(=O)Nc2ccc(CC(=O)NO)cc2)cc1. The first-order chi connectivity index (χ1) is 11.3. The van der Waals surface area contributed by atoms with E-state index in [0.717, 1.165) is 5.56 Å². The van der Waals surface area contributed by atoms with Gasteiger partial charge in [0.15, 0.2) is 0 Å². The summed E-state index contributed by atoms with van der Waals surface area (Å²) in [5.41, 5.74) is 4.30. The highest BCUT2D eigenvalue weighted by atomic mass is 32.2. The molecule has 0 fully saturated rings. The second-order valence-electron chi connectivity index (χ2n) is 6.55. The summed E-state index contributed by atoms with van der Waals surface area (Å²) >= 11 is 0. The molecule has 2 aromatic rings. The fourth-order valence-corrected chi connectivity index (χ4v) is 3.01. The number of hydroxylamine groups is 1. The molecular weight excluding hydrogens is 324 g/mol. The van der Waals surface area contributed by atoms with Gasteiger partial charge in [0.25, 0.3) is 0 Å². The van der Waals surface area contributed by atoms with Crippen LogP contribution in [-0.4, -0.2) is 15.3 Å². The predicted octanol–water partition coefficient (Wildman–Crippen LogP) is 3.17. The van der Waals surface area contributed by atoms with Gasteiger partial charge in [-0.3, -0.25) is 10.0 Å². The lowest BCUT2D eigenvalue weighted by molar-refractivity contribution is -0.128. The van der Waals surface area contributed by atoms with Crippen LogP contribution in [0.25, 0.3) is 0 Å². The van der Waals surface area contributed by atoms with Crippen molar-refractivity contribution in [2.45, 2.75) is 37.5 Å². The summed E-state index contributed by atoms with van der Waals surface area (Å²) in [6.45, 7) is 6.40. The van der Waals surface area contributed by atoms with Crippen LogP contribution in [0.15, 0.2) is 53.4 Å². The van der Waals surface area contributed by atoms with Gasteiger partial charge in [0.1, 0.15) is 11.0 Å². The quantitative estimate of drug-likeness (QED) is 0.575. The first-order valence-electron chi connectivity index (χ1n) is 7.60. The summed E-state index contributed by atoms with van der Waals surface area (Å²) in [6, 6.07) is 14.7. The molecule has 24 heavy (non-hydrogen) atoms. The van der Waals surface area contributed by atoms with E-state index in [4.69, 9.17) is 5.21 Å². The maximum Gasteiger partial charge on any atom is 0.247 e. The molecule has 6 heteroatoms. The van der Waals surface area contributed by atoms with E-state index >= 15 is 0 Å². The summed E-state index contributed by atoms with van der Waals surface area (Å²) in [5.74, 6) is -0.474. The molecule has 0 aliphatic rings. The molecule has 0 radical (unpaired) electrons. The van der Waals surface area contributed by atoms with E-state index in [1.807, 2.05) is 24.3 Å². The summed E-state index contributed by atoms with van der Waals surface area (Å²) in [7, 11) is -1.36. The lowest BCUT2D eigenvalue weighted by Crippen LogP contribution is -2.20. The van der Waals surface area contributed by atoms with Crippen molar-refractivity contribution in [1.82, 2.24) is 5.48 Å².